The molecule has 0 radical (unpaired) electrons. The first kappa shape index (κ1) is 15.1. The number of hydrogen-bond donors (Lipinski definition) is 1. The van der Waals surface area contributed by atoms with Crippen molar-refractivity contribution in [3.05, 3.63) is 34.9 Å². The van der Waals surface area contributed by atoms with Gasteiger partial charge in [0.25, 0.3) is 5.91 Å². The number of aromatic nitrogens is 4. The van der Waals surface area contributed by atoms with Crippen LogP contribution in [0.15, 0.2) is 30.0 Å². The van der Waals surface area contributed by atoms with Crippen molar-refractivity contribution in [1.29, 1.82) is 0 Å². The molecule has 1 amide bonds. The molecule has 4 heterocycles. The van der Waals surface area contributed by atoms with Crippen LogP contribution in [0.2, 0.25) is 0 Å². The smallest absolute Gasteiger partial charge is 0.261 e. The Balaban J connectivity index is 1.43. The van der Waals surface area contributed by atoms with Crippen LogP contribution in [0.25, 0.3) is 11.0 Å². The van der Waals surface area contributed by atoms with Crippen LogP contribution in [0.1, 0.15) is 22.5 Å². The van der Waals surface area contributed by atoms with Crippen molar-refractivity contribution in [2.75, 3.05) is 18.0 Å². The zero-order valence-electron chi connectivity index (χ0n) is 13.3. The van der Waals surface area contributed by atoms with Gasteiger partial charge in [-0.1, -0.05) is 6.07 Å². The number of aryl methyl sites for hydroxylation is 1. The highest BCUT2D eigenvalue weighted by Crippen LogP contribution is 2.25. The minimum atomic E-state index is 0.0279. The SMILES string of the molecule is Cn1ncc2c(N3CCC(NC(=O)c4cccs4)CC3)ncnc21. The summed E-state index contributed by atoms with van der Waals surface area (Å²) in [6.07, 6.45) is 5.21. The van der Waals surface area contributed by atoms with E-state index in [0.717, 1.165) is 47.7 Å². The topological polar surface area (TPSA) is 75.9 Å². The third kappa shape index (κ3) is 2.73. The van der Waals surface area contributed by atoms with Gasteiger partial charge in [-0.05, 0) is 24.3 Å². The number of nitrogens with zero attached hydrogens (tertiary/aromatic N) is 5. The quantitative estimate of drug-likeness (QED) is 0.786. The molecule has 8 heteroatoms. The molecule has 7 nitrogen and oxygen atoms in total. The molecule has 124 valence electrons. The lowest BCUT2D eigenvalue weighted by molar-refractivity contribution is 0.0935. The van der Waals surface area contributed by atoms with Crippen molar-refractivity contribution in [3.63, 3.8) is 0 Å². The van der Waals surface area contributed by atoms with E-state index in [1.165, 1.54) is 11.3 Å². The highest BCUT2D eigenvalue weighted by Gasteiger charge is 2.24. The fraction of sp³-hybridized carbons (Fsp3) is 0.375. The highest BCUT2D eigenvalue weighted by atomic mass is 32.1. The molecule has 1 aliphatic heterocycles. The number of carbonyl (C=O) groups is 1. The molecule has 1 N–H and O–H groups in total. The van der Waals surface area contributed by atoms with Gasteiger partial charge in [0.05, 0.1) is 16.5 Å². The van der Waals surface area contributed by atoms with Gasteiger partial charge < -0.3 is 10.2 Å². The van der Waals surface area contributed by atoms with Gasteiger partial charge in [-0.3, -0.25) is 9.48 Å². The zero-order valence-corrected chi connectivity index (χ0v) is 14.2. The second-order valence-corrected chi connectivity index (χ2v) is 6.86. The van der Waals surface area contributed by atoms with Gasteiger partial charge in [0.2, 0.25) is 0 Å². The molecule has 3 aromatic rings. The fourth-order valence-corrected chi connectivity index (χ4v) is 3.73. The number of amides is 1. The number of hydrogen-bond acceptors (Lipinski definition) is 6. The predicted molar refractivity (Wildman–Crippen MR) is 93.3 cm³/mol. The molecular formula is C16H18N6OS. The van der Waals surface area contributed by atoms with E-state index in [-0.39, 0.29) is 11.9 Å². The summed E-state index contributed by atoms with van der Waals surface area (Å²) in [6, 6.07) is 3.97. The Morgan fingerprint density at radius 1 is 1.33 bits per heavy atom. The zero-order chi connectivity index (χ0) is 16.5. The number of rotatable bonds is 3. The average Bonchev–Trinajstić information content (AvgIpc) is 3.26. The van der Waals surface area contributed by atoms with Crippen molar-refractivity contribution < 1.29 is 4.79 Å². The van der Waals surface area contributed by atoms with E-state index in [2.05, 4.69) is 25.3 Å². The van der Waals surface area contributed by atoms with Crippen LogP contribution in [0.3, 0.4) is 0 Å². The Hall–Kier alpha value is -2.48. The van der Waals surface area contributed by atoms with Gasteiger partial charge >= 0.3 is 0 Å². The largest absolute Gasteiger partial charge is 0.356 e. The molecule has 0 bridgehead atoms. The number of piperidine rings is 1. The first-order valence-corrected chi connectivity index (χ1v) is 8.82. The minimum absolute atomic E-state index is 0.0279. The maximum Gasteiger partial charge on any atom is 0.261 e. The normalized spacial score (nSPS) is 15.8. The summed E-state index contributed by atoms with van der Waals surface area (Å²) >= 11 is 1.47. The molecule has 0 aromatic carbocycles. The van der Waals surface area contributed by atoms with Crippen molar-refractivity contribution in [1.82, 2.24) is 25.1 Å². The van der Waals surface area contributed by atoms with Gasteiger partial charge in [-0.15, -0.1) is 11.3 Å². The van der Waals surface area contributed by atoms with Gasteiger partial charge in [0.1, 0.15) is 12.1 Å². The predicted octanol–water partition coefficient (Wildman–Crippen LogP) is 1.82. The Kier molecular flexibility index (Phi) is 3.89. The maximum atomic E-state index is 12.2. The van der Waals surface area contributed by atoms with Crippen molar-refractivity contribution in [3.8, 4) is 0 Å². The van der Waals surface area contributed by atoms with E-state index < -0.39 is 0 Å². The van der Waals surface area contributed by atoms with E-state index in [0.29, 0.717) is 0 Å². The number of carbonyl (C=O) groups excluding carboxylic acids is 1. The van der Waals surface area contributed by atoms with Crippen LogP contribution >= 0.6 is 11.3 Å². The van der Waals surface area contributed by atoms with Crippen LogP contribution < -0.4 is 10.2 Å². The summed E-state index contributed by atoms with van der Waals surface area (Å²) in [6.45, 7) is 1.72. The first-order valence-electron chi connectivity index (χ1n) is 7.94. The fourth-order valence-electron chi connectivity index (χ4n) is 3.10. The van der Waals surface area contributed by atoms with Crippen LogP contribution in [-0.4, -0.2) is 44.8 Å². The first-order chi connectivity index (χ1) is 11.7. The van der Waals surface area contributed by atoms with Crippen molar-refractivity contribution in [2.45, 2.75) is 18.9 Å². The van der Waals surface area contributed by atoms with Crippen molar-refractivity contribution in [2.24, 2.45) is 7.05 Å². The van der Waals surface area contributed by atoms with Crippen molar-refractivity contribution >= 4 is 34.1 Å². The molecule has 0 atom stereocenters. The minimum Gasteiger partial charge on any atom is -0.356 e. The molecule has 1 fully saturated rings. The number of nitrogens with one attached hydrogen (secondary N) is 1. The van der Waals surface area contributed by atoms with Gasteiger partial charge in [0.15, 0.2) is 5.65 Å². The van der Waals surface area contributed by atoms with Gasteiger partial charge in [0, 0.05) is 26.2 Å². The second kappa shape index (κ2) is 6.20. The number of anilines is 1. The Labute approximate surface area is 143 Å². The van der Waals surface area contributed by atoms with Crippen LogP contribution in [-0.2, 0) is 7.05 Å². The average molecular weight is 342 g/mol. The Morgan fingerprint density at radius 3 is 2.92 bits per heavy atom. The molecule has 24 heavy (non-hydrogen) atoms. The van der Waals surface area contributed by atoms with E-state index >= 15 is 0 Å². The Morgan fingerprint density at radius 2 is 2.17 bits per heavy atom. The number of thiophene rings is 1. The van der Waals surface area contributed by atoms with Crippen LogP contribution in [0, 0.1) is 0 Å². The van der Waals surface area contributed by atoms with E-state index in [9.17, 15) is 4.79 Å². The molecule has 0 aliphatic carbocycles. The molecule has 0 unspecified atom stereocenters. The van der Waals surface area contributed by atoms with Gasteiger partial charge in [-0.25, -0.2) is 9.97 Å². The molecule has 0 spiro atoms. The summed E-state index contributed by atoms with van der Waals surface area (Å²) in [5.41, 5.74) is 0.841. The van der Waals surface area contributed by atoms with E-state index in [1.54, 1.807) is 11.0 Å². The highest BCUT2D eigenvalue weighted by molar-refractivity contribution is 7.12. The molecule has 1 aliphatic rings. The Bertz CT molecular complexity index is 851. The third-order valence-corrected chi connectivity index (χ3v) is 5.25. The lowest BCUT2D eigenvalue weighted by atomic mass is 10.0. The summed E-state index contributed by atoms with van der Waals surface area (Å²) in [5.74, 6) is 0.955. The van der Waals surface area contributed by atoms with E-state index in [4.69, 9.17) is 0 Å². The molecule has 1 saturated heterocycles. The van der Waals surface area contributed by atoms with E-state index in [1.807, 2.05) is 30.8 Å². The molecular weight excluding hydrogens is 324 g/mol. The summed E-state index contributed by atoms with van der Waals surface area (Å²) < 4.78 is 1.76. The van der Waals surface area contributed by atoms with Crippen LogP contribution in [0.4, 0.5) is 5.82 Å². The van der Waals surface area contributed by atoms with Crippen LogP contribution in [0.5, 0.6) is 0 Å². The molecule has 4 rings (SSSR count). The summed E-state index contributed by atoms with van der Waals surface area (Å²) in [5, 5.41) is 10.3. The summed E-state index contributed by atoms with van der Waals surface area (Å²) in [4.78, 5) is 23.9. The standard InChI is InChI=1S/C16H18N6OS/c1-21-14-12(9-19-21)15(18-10-17-14)22-6-4-11(5-7-22)20-16(23)13-3-2-8-24-13/h2-3,8-11H,4-7H2,1H3,(H,20,23). The maximum absolute atomic E-state index is 12.2. The monoisotopic (exact) mass is 342 g/mol. The number of fused-ring (bicyclic) bond motifs is 1. The summed E-state index contributed by atoms with van der Waals surface area (Å²) in [7, 11) is 1.88. The third-order valence-electron chi connectivity index (χ3n) is 4.38. The van der Waals surface area contributed by atoms with Gasteiger partial charge in [-0.2, -0.15) is 5.10 Å². The lowest BCUT2D eigenvalue weighted by Gasteiger charge is -2.33. The molecule has 3 aromatic heterocycles. The molecule has 0 saturated carbocycles. The lowest BCUT2D eigenvalue weighted by Crippen LogP contribution is -2.44. The second-order valence-electron chi connectivity index (χ2n) is 5.91.